The van der Waals surface area contributed by atoms with E-state index in [9.17, 15) is 24.0 Å². The van der Waals surface area contributed by atoms with Crippen LogP contribution in [0, 0.1) is 5.92 Å². The van der Waals surface area contributed by atoms with Gasteiger partial charge in [0.15, 0.2) is 0 Å². The van der Waals surface area contributed by atoms with Gasteiger partial charge in [-0.25, -0.2) is 9.59 Å². The number of amides is 2. The number of aromatic amines is 2. The second-order valence-corrected chi connectivity index (χ2v) is 5.68. The summed E-state index contributed by atoms with van der Waals surface area (Å²) in [6, 6.07) is 4.52. The van der Waals surface area contributed by atoms with E-state index in [4.69, 9.17) is 9.47 Å². The van der Waals surface area contributed by atoms with E-state index in [0.29, 0.717) is 11.0 Å². The molecule has 1 aromatic carbocycles. The molecule has 11 nitrogen and oxygen atoms in total. The highest BCUT2D eigenvalue weighted by atomic mass is 16.5. The smallest absolute Gasteiger partial charge is 0.330 e. The number of aromatic nitrogens is 2. The van der Waals surface area contributed by atoms with Gasteiger partial charge in [0.05, 0.1) is 24.2 Å². The highest BCUT2D eigenvalue weighted by Gasteiger charge is 2.35. The number of carbonyl (C=O) groups excluding carboxylic acids is 4. The quantitative estimate of drug-likeness (QED) is 0.195. The third kappa shape index (κ3) is 5.79. The van der Waals surface area contributed by atoms with Gasteiger partial charge >= 0.3 is 17.6 Å². The number of ether oxygens (including phenoxy) is 2. The van der Waals surface area contributed by atoms with Crippen LogP contribution < -0.4 is 16.3 Å². The standard InChI is InChI=1S/C18H20N4O7/c1-3-13(23)29-8-7-19-15(24)14(17(26)28-4-2)16(25)20-10-5-6-11-12(9-10)22-18(27)21-11/h3,5-6,9,14H,1,4,7-8H2,2H3,(H,19,24)(H,20,25)(H2,21,22,27). The summed E-state index contributed by atoms with van der Waals surface area (Å²) >= 11 is 0. The van der Waals surface area contributed by atoms with Crippen LogP contribution in [-0.2, 0) is 28.7 Å². The minimum atomic E-state index is -1.77. The lowest BCUT2D eigenvalue weighted by Crippen LogP contribution is -2.44. The van der Waals surface area contributed by atoms with Crippen LogP contribution in [0.5, 0.6) is 0 Å². The lowest BCUT2D eigenvalue weighted by Gasteiger charge is -2.15. The number of esters is 2. The molecule has 0 aliphatic rings. The van der Waals surface area contributed by atoms with Crippen molar-refractivity contribution in [1.29, 1.82) is 0 Å². The first-order valence-corrected chi connectivity index (χ1v) is 8.62. The van der Waals surface area contributed by atoms with E-state index in [2.05, 4.69) is 27.2 Å². The van der Waals surface area contributed by atoms with E-state index in [0.717, 1.165) is 6.08 Å². The first-order valence-electron chi connectivity index (χ1n) is 8.62. The minimum absolute atomic E-state index is 0.0244. The average Bonchev–Trinajstić information content (AvgIpc) is 3.04. The molecule has 2 rings (SSSR count). The molecule has 1 aromatic heterocycles. The molecule has 29 heavy (non-hydrogen) atoms. The van der Waals surface area contributed by atoms with Crippen LogP contribution in [0.2, 0.25) is 0 Å². The molecular weight excluding hydrogens is 384 g/mol. The highest BCUT2D eigenvalue weighted by Crippen LogP contribution is 2.16. The molecule has 1 atom stereocenters. The highest BCUT2D eigenvalue weighted by molar-refractivity contribution is 6.19. The van der Waals surface area contributed by atoms with E-state index in [1.165, 1.54) is 19.1 Å². The monoisotopic (exact) mass is 404 g/mol. The Bertz CT molecular complexity index is 992. The van der Waals surface area contributed by atoms with Crippen LogP contribution in [0.4, 0.5) is 5.69 Å². The van der Waals surface area contributed by atoms with Gasteiger partial charge in [0, 0.05) is 11.8 Å². The molecule has 2 amide bonds. The first kappa shape index (κ1) is 21.4. The summed E-state index contributed by atoms with van der Waals surface area (Å²) in [5.74, 6) is -5.29. The molecule has 0 fully saturated rings. The number of hydrogen-bond donors (Lipinski definition) is 4. The van der Waals surface area contributed by atoms with E-state index in [-0.39, 0.29) is 25.4 Å². The van der Waals surface area contributed by atoms with E-state index in [1.54, 1.807) is 6.07 Å². The van der Waals surface area contributed by atoms with Gasteiger partial charge in [0.2, 0.25) is 17.7 Å². The number of fused-ring (bicyclic) bond motifs is 1. The lowest BCUT2D eigenvalue weighted by molar-refractivity contribution is -0.155. The van der Waals surface area contributed by atoms with Crippen molar-refractivity contribution >= 4 is 40.5 Å². The van der Waals surface area contributed by atoms with Gasteiger partial charge in [-0.3, -0.25) is 14.4 Å². The van der Waals surface area contributed by atoms with Gasteiger partial charge in [-0.05, 0) is 25.1 Å². The average molecular weight is 404 g/mol. The van der Waals surface area contributed by atoms with Crippen LogP contribution in [0.25, 0.3) is 11.0 Å². The summed E-state index contributed by atoms with van der Waals surface area (Å²) in [4.78, 5) is 64.4. The summed E-state index contributed by atoms with van der Waals surface area (Å²) < 4.78 is 9.52. The Labute approximate surface area is 164 Å². The van der Waals surface area contributed by atoms with Gasteiger partial charge in [-0.2, -0.15) is 0 Å². The number of benzene rings is 1. The van der Waals surface area contributed by atoms with Crippen molar-refractivity contribution in [2.45, 2.75) is 6.92 Å². The maximum absolute atomic E-state index is 12.5. The molecular formula is C18H20N4O7. The molecule has 0 aliphatic carbocycles. The van der Waals surface area contributed by atoms with Crippen LogP contribution >= 0.6 is 0 Å². The van der Waals surface area contributed by atoms with E-state index < -0.39 is 35.4 Å². The lowest BCUT2D eigenvalue weighted by atomic mass is 10.1. The van der Waals surface area contributed by atoms with Crippen molar-refractivity contribution in [2.24, 2.45) is 5.92 Å². The third-order valence-corrected chi connectivity index (χ3v) is 3.64. The van der Waals surface area contributed by atoms with E-state index in [1.807, 2.05) is 0 Å². The Morgan fingerprint density at radius 2 is 1.86 bits per heavy atom. The zero-order valence-electron chi connectivity index (χ0n) is 15.6. The van der Waals surface area contributed by atoms with Gasteiger partial charge in [0.25, 0.3) is 0 Å². The Morgan fingerprint density at radius 3 is 2.55 bits per heavy atom. The predicted octanol–water partition coefficient (Wildman–Crippen LogP) is -0.181. The number of carbonyl (C=O) groups is 4. The third-order valence-electron chi connectivity index (χ3n) is 3.64. The van der Waals surface area contributed by atoms with Gasteiger partial charge in [-0.1, -0.05) is 6.58 Å². The van der Waals surface area contributed by atoms with Crippen LogP contribution in [0.3, 0.4) is 0 Å². The normalized spacial score (nSPS) is 11.3. The first-order chi connectivity index (χ1) is 13.8. The SMILES string of the molecule is C=CC(=O)OCCNC(=O)C(C(=O)Nc1ccc2[nH]c(=O)[nH]c2c1)C(=O)OCC. The maximum Gasteiger partial charge on any atom is 0.330 e. The van der Waals surface area contributed by atoms with Crippen LogP contribution in [0.15, 0.2) is 35.6 Å². The number of H-pyrrole nitrogens is 2. The van der Waals surface area contributed by atoms with E-state index >= 15 is 0 Å². The van der Waals surface area contributed by atoms with Crippen molar-refractivity contribution in [3.8, 4) is 0 Å². The molecule has 0 saturated heterocycles. The summed E-state index contributed by atoms with van der Waals surface area (Å²) in [6.07, 6.45) is 0.964. The van der Waals surface area contributed by atoms with Gasteiger partial charge < -0.3 is 30.1 Å². The van der Waals surface area contributed by atoms with Crippen molar-refractivity contribution in [3.63, 3.8) is 0 Å². The summed E-state index contributed by atoms with van der Waals surface area (Å²) in [6.45, 7) is 4.47. The summed E-state index contributed by atoms with van der Waals surface area (Å²) in [5.41, 5.74) is 0.819. The molecule has 4 N–H and O–H groups in total. The minimum Gasteiger partial charge on any atom is -0.465 e. The Kier molecular flexibility index (Phi) is 7.29. The molecule has 0 radical (unpaired) electrons. The Balaban J connectivity index is 2.08. The fourth-order valence-corrected chi connectivity index (χ4v) is 2.37. The van der Waals surface area contributed by atoms with Crippen LogP contribution in [-0.4, -0.2) is 53.5 Å². The molecule has 11 heteroatoms. The second-order valence-electron chi connectivity index (χ2n) is 5.68. The van der Waals surface area contributed by atoms with Gasteiger partial charge in [-0.15, -0.1) is 0 Å². The fraction of sp³-hybridized carbons (Fsp3) is 0.278. The molecule has 154 valence electrons. The molecule has 0 bridgehead atoms. The topological polar surface area (TPSA) is 159 Å². The van der Waals surface area contributed by atoms with Crippen molar-refractivity contribution in [2.75, 3.05) is 25.1 Å². The van der Waals surface area contributed by atoms with Gasteiger partial charge in [0.1, 0.15) is 6.61 Å². The van der Waals surface area contributed by atoms with Crippen molar-refractivity contribution in [3.05, 3.63) is 41.3 Å². The molecule has 0 spiro atoms. The largest absolute Gasteiger partial charge is 0.465 e. The molecule has 0 aliphatic heterocycles. The Morgan fingerprint density at radius 1 is 1.14 bits per heavy atom. The molecule has 0 saturated carbocycles. The van der Waals surface area contributed by atoms with Crippen LogP contribution in [0.1, 0.15) is 6.92 Å². The number of anilines is 1. The molecule has 1 heterocycles. The number of nitrogens with one attached hydrogen (secondary N) is 4. The molecule has 1 unspecified atom stereocenters. The van der Waals surface area contributed by atoms with Crippen molar-refractivity contribution < 1.29 is 28.7 Å². The molecule has 2 aromatic rings. The second kappa shape index (κ2) is 9.88. The number of imidazole rings is 1. The predicted molar refractivity (Wildman–Crippen MR) is 102 cm³/mol. The fourth-order valence-electron chi connectivity index (χ4n) is 2.37. The number of hydrogen-bond acceptors (Lipinski definition) is 7. The zero-order valence-corrected chi connectivity index (χ0v) is 15.6. The Hall–Kier alpha value is -3.89. The van der Waals surface area contributed by atoms with Crippen molar-refractivity contribution in [1.82, 2.24) is 15.3 Å². The summed E-state index contributed by atoms with van der Waals surface area (Å²) in [7, 11) is 0. The summed E-state index contributed by atoms with van der Waals surface area (Å²) in [5, 5.41) is 4.78. The maximum atomic E-state index is 12.5. The zero-order chi connectivity index (χ0) is 21.4. The number of rotatable bonds is 9.